The van der Waals surface area contributed by atoms with E-state index in [9.17, 15) is 35.5 Å². The molecule has 52 heavy (non-hydrogen) atoms. The van der Waals surface area contributed by atoms with Gasteiger partial charge in [0.25, 0.3) is 0 Å². The van der Waals surface area contributed by atoms with Gasteiger partial charge in [0.15, 0.2) is 12.6 Å². The van der Waals surface area contributed by atoms with E-state index < -0.39 is 102 Å². The predicted octanol–water partition coefficient (Wildman–Crippen LogP) is 2.05. The minimum Gasteiger partial charge on any atom is -0.459 e. The van der Waals surface area contributed by atoms with E-state index in [2.05, 4.69) is 5.16 Å². The smallest absolute Gasteiger partial charge is 0.311 e. The highest BCUT2D eigenvalue weighted by Gasteiger charge is 2.53. The molecule has 0 aromatic carbocycles. The molecular weight excluding hydrogens is 680 g/mol. The summed E-state index contributed by atoms with van der Waals surface area (Å²) in [4.78, 5) is 16.0. The number of ether oxygens (including phenoxy) is 6. The molecule has 304 valence electrons. The van der Waals surface area contributed by atoms with Gasteiger partial charge in [0.1, 0.15) is 23.9 Å². The summed E-state index contributed by atoms with van der Waals surface area (Å²) >= 11 is 0. The lowest BCUT2D eigenvalue weighted by Crippen LogP contribution is -2.61. The number of hydrogen-bond donors (Lipinski definition) is 6. The molecule has 0 bridgehead atoms. The van der Waals surface area contributed by atoms with Crippen molar-refractivity contribution in [1.29, 1.82) is 0 Å². The molecular formula is C37H68N2O13. The van der Waals surface area contributed by atoms with Crippen molar-refractivity contribution in [3.63, 3.8) is 0 Å². The van der Waals surface area contributed by atoms with E-state index in [4.69, 9.17) is 28.4 Å². The van der Waals surface area contributed by atoms with Crippen LogP contribution >= 0.6 is 0 Å². The molecule has 15 heteroatoms. The number of oxime groups is 1. The van der Waals surface area contributed by atoms with Crippen LogP contribution in [0.15, 0.2) is 5.16 Å². The third-order valence-electron chi connectivity index (χ3n) is 12.0. The molecule has 3 fully saturated rings. The van der Waals surface area contributed by atoms with Crippen LogP contribution in [0.25, 0.3) is 0 Å². The summed E-state index contributed by atoms with van der Waals surface area (Å²) in [5.41, 5.74) is -4.68. The predicted molar refractivity (Wildman–Crippen MR) is 190 cm³/mol. The van der Waals surface area contributed by atoms with Crippen molar-refractivity contribution in [2.75, 3.05) is 21.2 Å². The SMILES string of the molecule is CC[C@H]1OC(=O)[C@H](C)[C@@H](O[C@H]2C[C@@](C)(OC)[C@@H](O)[C@H](C)O2)[C@H](C)[C@@H](O[C@H]2O[C@@H](C)C[C@@H](N(C)C)[C@@H]2O)[C@](C)(O)C[C@@H](C)/C(=N\O)[C@H](C)[C@@H](O)[C@]1(C)O. The maximum Gasteiger partial charge on any atom is 0.311 e. The molecule has 0 aliphatic carbocycles. The molecule has 3 aliphatic heterocycles. The lowest BCUT2D eigenvalue weighted by atomic mass is 9.73. The van der Waals surface area contributed by atoms with E-state index in [1.165, 1.54) is 14.0 Å². The van der Waals surface area contributed by atoms with E-state index in [0.717, 1.165) is 0 Å². The summed E-state index contributed by atoms with van der Waals surface area (Å²) in [5.74, 6) is -4.24. The molecule has 3 aliphatic rings. The number of rotatable bonds is 7. The summed E-state index contributed by atoms with van der Waals surface area (Å²) in [6.07, 6.45) is -9.51. The van der Waals surface area contributed by atoms with Gasteiger partial charge in [-0.25, -0.2) is 0 Å². The van der Waals surface area contributed by atoms with Crippen LogP contribution in [0, 0.1) is 23.7 Å². The van der Waals surface area contributed by atoms with Crippen molar-refractivity contribution in [2.45, 2.75) is 179 Å². The highest BCUT2D eigenvalue weighted by Crippen LogP contribution is 2.41. The van der Waals surface area contributed by atoms with Gasteiger partial charge in [-0.15, -0.1) is 0 Å². The Hall–Kier alpha value is -1.50. The highest BCUT2D eigenvalue weighted by atomic mass is 16.7. The Morgan fingerprint density at radius 1 is 0.923 bits per heavy atom. The van der Waals surface area contributed by atoms with Crippen molar-refractivity contribution in [3.8, 4) is 0 Å². The number of hydrogen-bond acceptors (Lipinski definition) is 15. The number of aliphatic hydroxyl groups is 5. The van der Waals surface area contributed by atoms with E-state index in [1.807, 2.05) is 25.9 Å². The molecule has 0 aromatic rings. The Labute approximate surface area is 309 Å². The Bertz CT molecular complexity index is 1200. The largest absolute Gasteiger partial charge is 0.459 e. The number of aliphatic hydroxyl groups excluding tert-OH is 3. The molecule has 6 N–H and O–H groups in total. The molecule has 18 atom stereocenters. The second-order valence-electron chi connectivity index (χ2n) is 16.6. The molecule has 3 saturated heterocycles. The van der Waals surface area contributed by atoms with Crippen molar-refractivity contribution < 1.29 is 64.0 Å². The summed E-state index contributed by atoms with van der Waals surface area (Å²) in [6, 6.07) is -0.322. The van der Waals surface area contributed by atoms with Crippen LogP contribution in [0.1, 0.15) is 94.9 Å². The molecule has 0 radical (unpaired) electrons. The number of methoxy groups -OCH3 is 1. The standard InChI is InChI=1S/C37H68N2O13/c1-14-25-37(10,45)30(41)20(4)27(38-46)18(2)16-35(8,44)32(52-34-28(40)24(39(11)12)15-19(3)48-34)21(5)29(22(6)33(43)50-25)51-26-17-36(9,47-13)31(42)23(7)49-26/h18-26,28-32,34,40-42,44-46H,14-17H2,1-13H3/b38-27+/t18-,19+,20+,21+,22-,23+,24-,25-,26+,28+,29+,30-,31+,32-,34-,35-,36-,37-/m1/s1. The fourth-order valence-electron chi connectivity index (χ4n) is 8.61. The lowest BCUT2D eigenvalue weighted by molar-refractivity contribution is -0.317. The van der Waals surface area contributed by atoms with Gasteiger partial charge >= 0.3 is 5.97 Å². The van der Waals surface area contributed by atoms with Crippen molar-refractivity contribution in [3.05, 3.63) is 0 Å². The monoisotopic (exact) mass is 748 g/mol. The highest BCUT2D eigenvalue weighted by molar-refractivity contribution is 5.88. The first-order valence-electron chi connectivity index (χ1n) is 18.7. The number of esters is 1. The van der Waals surface area contributed by atoms with Gasteiger partial charge in [-0.2, -0.15) is 0 Å². The van der Waals surface area contributed by atoms with Gasteiger partial charge in [-0.05, 0) is 74.9 Å². The van der Waals surface area contributed by atoms with Gasteiger partial charge in [0, 0.05) is 37.3 Å². The number of nitrogens with zero attached hydrogens (tertiary/aromatic N) is 2. The first-order valence-corrected chi connectivity index (χ1v) is 18.7. The maximum absolute atomic E-state index is 14.1. The third-order valence-corrected chi connectivity index (χ3v) is 12.0. The molecule has 0 unspecified atom stereocenters. The lowest BCUT2D eigenvalue weighted by Gasteiger charge is -2.49. The van der Waals surface area contributed by atoms with Crippen LogP contribution in [0.2, 0.25) is 0 Å². The van der Waals surface area contributed by atoms with Crippen LogP contribution < -0.4 is 0 Å². The number of carbonyl (C=O) groups is 1. The van der Waals surface area contributed by atoms with Gasteiger partial charge in [0.2, 0.25) is 0 Å². The second kappa shape index (κ2) is 17.5. The normalized spacial score (nSPS) is 49.8. The van der Waals surface area contributed by atoms with Crippen molar-refractivity contribution in [1.82, 2.24) is 4.90 Å². The van der Waals surface area contributed by atoms with Crippen molar-refractivity contribution in [2.24, 2.45) is 28.8 Å². The van der Waals surface area contributed by atoms with Crippen LogP contribution in [0.4, 0.5) is 0 Å². The maximum atomic E-state index is 14.1. The fourth-order valence-corrected chi connectivity index (χ4v) is 8.61. The summed E-state index contributed by atoms with van der Waals surface area (Å²) in [6.45, 7) is 16.6. The van der Waals surface area contributed by atoms with Crippen molar-refractivity contribution >= 4 is 11.7 Å². The minimum absolute atomic E-state index is 0.0657. The summed E-state index contributed by atoms with van der Waals surface area (Å²) in [7, 11) is 5.19. The molecule has 0 aromatic heterocycles. The average Bonchev–Trinajstić information content (AvgIpc) is 3.06. The first-order chi connectivity index (χ1) is 24.0. The van der Waals surface area contributed by atoms with Crippen LogP contribution in [0.3, 0.4) is 0 Å². The Morgan fingerprint density at radius 2 is 1.54 bits per heavy atom. The molecule has 0 spiro atoms. The Morgan fingerprint density at radius 3 is 2.08 bits per heavy atom. The second-order valence-corrected chi connectivity index (χ2v) is 16.6. The van der Waals surface area contributed by atoms with Gasteiger partial charge < -0.3 is 64.1 Å². The van der Waals surface area contributed by atoms with Crippen LogP contribution in [-0.4, -0.2) is 153 Å². The third kappa shape index (κ3) is 9.47. The van der Waals surface area contributed by atoms with E-state index in [0.29, 0.717) is 6.42 Å². The summed E-state index contributed by atoms with van der Waals surface area (Å²) < 4.78 is 37.2. The Kier molecular flexibility index (Phi) is 15.1. The van der Waals surface area contributed by atoms with E-state index >= 15 is 0 Å². The molecule has 0 amide bonds. The molecule has 3 rings (SSSR count). The number of cyclic esters (lactones) is 1. The van der Waals surface area contributed by atoms with E-state index in [1.54, 1.807) is 55.4 Å². The number of carbonyl (C=O) groups excluding carboxylic acids is 1. The van der Waals surface area contributed by atoms with Crippen LogP contribution in [-0.2, 0) is 33.2 Å². The molecule has 0 saturated carbocycles. The topological polar surface area (TPSA) is 209 Å². The fraction of sp³-hybridized carbons (Fsp3) is 0.946. The van der Waals surface area contributed by atoms with Gasteiger partial charge in [-0.3, -0.25) is 4.79 Å². The van der Waals surface area contributed by atoms with E-state index in [-0.39, 0.29) is 37.1 Å². The Balaban J connectivity index is 2.21. The first kappa shape index (κ1) is 44.9. The minimum atomic E-state index is -1.97. The van der Waals surface area contributed by atoms with Gasteiger partial charge in [-0.1, -0.05) is 32.9 Å². The van der Waals surface area contributed by atoms with Crippen LogP contribution in [0.5, 0.6) is 0 Å². The van der Waals surface area contributed by atoms with Gasteiger partial charge in [0.05, 0.1) is 53.4 Å². The number of likely N-dealkylation sites (N-methyl/N-ethyl adjacent to an activating group) is 1. The quantitative estimate of drug-likeness (QED) is 0.125. The summed E-state index contributed by atoms with van der Waals surface area (Å²) in [5, 5.41) is 71.8. The molecule has 15 nitrogen and oxygen atoms in total. The zero-order chi connectivity index (χ0) is 39.7. The zero-order valence-corrected chi connectivity index (χ0v) is 33.4. The molecule has 3 heterocycles. The average molecular weight is 749 g/mol. The zero-order valence-electron chi connectivity index (χ0n) is 33.4.